The SMILES string of the molecule is CCOC(=O)C1=C(CN2CCN(c3ccccc3C)CC2)NC(=O)N[C@@H]1c1cccc(F)c1. The van der Waals surface area contributed by atoms with E-state index in [2.05, 4.69) is 39.5 Å². The van der Waals surface area contributed by atoms with Gasteiger partial charge in [-0.25, -0.2) is 14.0 Å². The van der Waals surface area contributed by atoms with Crippen molar-refractivity contribution in [2.75, 3.05) is 44.2 Å². The lowest BCUT2D eigenvalue weighted by molar-refractivity contribution is -0.139. The fourth-order valence-corrected chi connectivity index (χ4v) is 4.42. The highest BCUT2D eigenvalue weighted by Crippen LogP contribution is 2.29. The number of nitrogens with zero attached hydrogens (tertiary/aromatic N) is 2. The van der Waals surface area contributed by atoms with Crippen LogP contribution in [0.4, 0.5) is 14.9 Å². The average Bonchev–Trinajstić information content (AvgIpc) is 2.80. The van der Waals surface area contributed by atoms with Crippen molar-refractivity contribution in [2.24, 2.45) is 0 Å². The highest BCUT2D eigenvalue weighted by Gasteiger charge is 2.35. The van der Waals surface area contributed by atoms with Gasteiger partial charge in [-0.15, -0.1) is 0 Å². The van der Waals surface area contributed by atoms with Crippen molar-refractivity contribution in [1.82, 2.24) is 15.5 Å². The summed E-state index contributed by atoms with van der Waals surface area (Å²) >= 11 is 0. The number of para-hydroxylation sites is 1. The molecule has 2 aliphatic heterocycles. The number of halogens is 1. The first-order chi connectivity index (χ1) is 16.0. The van der Waals surface area contributed by atoms with Gasteiger partial charge in [0.25, 0.3) is 0 Å². The molecular formula is C25H29FN4O3. The van der Waals surface area contributed by atoms with E-state index < -0.39 is 23.9 Å². The number of carbonyl (C=O) groups excluding carboxylic acids is 2. The molecule has 0 aromatic heterocycles. The molecule has 33 heavy (non-hydrogen) atoms. The number of hydrogen-bond donors (Lipinski definition) is 2. The fraction of sp³-hybridized carbons (Fsp3) is 0.360. The van der Waals surface area contributed by atoms with Gasteiger partial charge in [-0.1, -0.05) is 30.3 Å². The molecule has 0 saturated carbocycles. The van der Waals surface area contributed by atoms with E-state index in [9.17, 15) is 14.0 Å². The fourth-order valence-electron chi connectivity index (χ4n) is 4.42. The molecule has 0 aliphatic carbocycles. The van der Waals surface area contributed by atoms with Crippen molar-refractivity contribution in [3.63, 3.8) is 0 Å². The largest absolute Gasteiger partial charge is 0.463 e. The molecule has 7 nitrogen and oxygen atoms in total. The summed E-state index contributed by atoms with van der Waals surface area (Å²) in [6, 6.07) is 13.0. The van der Waals surface area contributed by atoms with Crippen LogP contribution in [0.5, 0.6) is 0 Å². The predicted molar refractivity (Wildman–Crippen MR) is 124 cm³/mol. The first-order valence-corrected chi connectivity index (χ1v) is 11.2. The van der Waals surface area contributed by atoms with Crippen LogP contribution >= 0.6 is 0 Å². The van der Waals surface area contributed by atoms with Gasteiger partial charge in [0, 0.05) is 44.1 Å². The Morgan fingerprint density at radius 1 is 1.12 bits per heavy atom. The lowest BCUT2D eigenvalue weighted by Crippen LogP contribution is -2.52. The summed E-state index contributed by atoms with van der Waals surface area (Å²) in [6.45, 7) is 7.68. The van der Waals surface area contributed by atoms with E-state index in [1.165, 1.54) is 23.4 Å². The standard InChI is InChI=1S/C25H29FN4O3/c1-3-33-24(31)22-20(27-25(32)28-23(22)18-8-6-9-19(26)15-18)16-29-11-13-30(14-12-29)21-10-5-4-7-17(21)2/h4-10,15,23H,3,11-14,16H2,1-2H3,(H2,27,28,32)/t23-/m1/s1. The van der Waals surface area contributed by atoms with Gasteiger partial charge >= 0.3 is 12.0 Å². The number of benzene rings is 2. The molecule has 2 aliphatic rings. The minimum Gasteiger partial charge on any atom is -0.463 e. The Balaban J connectivity index is 1.57. The van der Waals surface area contributed by atoms with Crippen molar-refractivity contribution in [3.05, 3.63) is 76.7 Å². The number of anilines is 1. The monoisotopic (exact) mass is 452 g/mol. The van der Waals surface area contributed by atoms with Crippen LogP contribution in [0.25, 0.3) is 0 Å². The molecule has 0 unspecified atom stereocenters. The average molecular weight is 453 g/mol. The van der Waals surface area contributed by atoms with E-state index in [1.807, 2.05) is 12.1 Å². The van der Waals surface area contributed by atoms with Gasteiger partial charge in [0.05, 0.1) is 18.2 Å². The molecule has 2 heterocycles. The lowest BCUT2D eigenvalue weighted by Gasteiger charge is -2.38. The molecule has 2 aromatic rings. The molecule has 4 rings (SSSR count). The highest BCUT2D eigenvalue weighted by molar-refractivity contribution is 5.95. The van der Waals surface area contributed by atoms with Gasteiger partial charge in [-0.3, -0.25) is 4.90 Å². The zero-order valence-electron chi connectivity index (χ0n) is 18.9. The summed E-state index contributed by atoms with van der Waals surface area (Å²) in [6.07, 6.45) is 0. The van der Waals surface area contributed by atoms with Crippen molar-refractivity contribution < 1.29 is 18.7 Å². The summed E-state index contributed by atoms with van der Waals surface area (Å²) in [5.41, 5.74) is 3.76. The summed E-state index contributed by atoms with van der Waals surface area (Å²) in [5, 5.41) is 5.55. The Bertz CT molecular complexity index is 1060. The summed E-state index contributed by atoms with van der Waals surface area (Å²) in [5.74, 6) is -0.954. The molecule has 0 spiro atoms. The number of rotatable bonds is 6. The third-order valence-electron chi connectivity index (χ3n) is 6.04. The molecular weight excluding hydrogens is 423 g/mol. The summed E-state index contributed by atoms with van der Waals surface area (Å²) < 4.78 is 19.2. The highest BCUT2D eigenvalue weighted by atomic mass is 19.1. The van der Waals surface area contributed by atoms with E-state index in [-0.39, 0.29) is 6.61 Å². The van der Waals surface area contributed by atoms with Crippen LogP contribution in [0, 0.1) is 12.7 Å². The topological polar surface area (TPSA) is 73.9 Å². The number of carbonyl (C=O) groups is 2. The van der Waals surface area contributed by atoms with E-state index in [0.717, 1.165) is 26.2 Å². The lowest BCUT2D eigenvalue weighted by atomic mass is 9.94. The van der Waals surface area contributed by atoms with Gasteiger partial charge in [-0.2, -0.15) is 0 Å². The number of nitrogens with one attached hydrogen (secondary N) is 2. The number of hydrogen-bond acceptors (Lipinski definition) is 5. The minimum atomic E-state index is -0.781. The quantitative estimate of drug-likeness (QED) is 0.659. The van der Waals surface area contributed by atoms with E-state index in [1.54, 1.807) is 19.1 Å². The number of ether oxygens (including phenoxy) is 1. The third-order valence-corrected chi connectivity index (χ3v) is 6.04. The molecule has 0 radical (unpaired) electrons. The van der Waals surface area contributed by atoms with E-state index >= 15 is 0 Å². The van der Waals surface area contributed by atoms with Gasteiger partial charge in [0.2, 0.25) is 0 Å². The Morgan fingerprint density at radius 3 is 2.58 bits per heavy atom. The van der Waals surface area contributed by atoms with Crippen LogP contribution in [-0.2, 0) is 9.53 Å². The predicted octanol–water partition coefficient (Wildman–Crippen LogP) is 3.13. The number of esters is 1. The molecule has 1 fully saturated rings. The second-order valence-corrected chi connectivity index (χ2v) is 8.25. The first kappa shape index (κ1) is 22.8. The zero-order valence-corrected chi connectivity index (χ0v) is 18.9. The van der Waals surface area contributed by atoms with Crippen molar-refractivity contribution in [2.45, 2.75) is 19.9 Å². The van der Waals surface area contributed by atoms with Crippen LogP contribution in [-0.4, -0.2) is 56.2 Å². The third kappa shape index (κ3) is 5.17. The smallest absolute Gasteiger partial charge is 0.338 e. The van der Waals surface area contributed by atoms with Crippen LogP contribution in [0.1, 0.15) is 24.1 Å². The second-order valence-electron chi connectivity index (χ2n) is 8.25. The van der Waals surface area contributed by atoms with Gasteiger partial charge < -0.3 is 20.3 Å². The van der Waals surface area contributed by atoms with Crippen LogP contribution in [0.3, 0.4) is 0 Å². The Kier molecular flexibility index (Phi) is 6.93. The zero-order chi connectivity index (χ0) is 23.4. The molecule has 0 bridgehead atoms. The number of urea groups is 1. The van der Waals surface area contributed by atoms with Crippen molar-refractivity contribution in [1.29, 1.82) is 0 Å². The molecule has 8 heteroatoms. The van der Waals surface area contributed by atoms with Gasteiger partial charge in [0.1, 0.15) is 5.82 Å². The Labute approximate surface area is 193 Å². The van der Waals surface area contributed by atoms with E-state index in [0.29, 0.717) is 23.4 Å². The number of piperazine rings is 1. The van der Waals surface area contributed by atoms with Crippen LogP contribution in [0.2, 0.25) is 0 Å². The molecule has 2 aromatic carbocycles. The molecule has 1 atom stereocenters. The van der Waals surface area contributed by atoms with Crippen LogP contribution in [0.15, 0.2) is 59.8 Å². The normalized spacial score (nSPS) is 19.2. The van der Waals surface area contributed by atoms with Crippen LogP contribution < -0.4 is 15.5 Å². The van der Waals surface area contributed by atoms with Crippen molar-refractivity contribution >= 4 is 17.7 Å². The minimum absolute atomic E-state index is 0.203. The van der Waals surface area contributed by atoms with Crippen molar-refractivity contribution in [3.8, 4) is 0 Å². The summed E-state index contributed by atoms with van der Waals surface area (Å²) in [4.78, 5) is 29.9. The Hall–Kier alpha value is -3.39. The maximum absolute atomic E-state index is 13.9. The first-order valence-electron chi connectivity index (χ1n) is 11.2. The van der Waals surface area contributed by atoms with Gasteiger partial charge in [-0.05, 0) is 43.2 Å². The molecule has 174 valence electrons. The maximum atomic E-state index is 13.9. The number of amides is 2. The van der Waals surface area contributed by atoms with E-state index in [4.69, 9.17) is 4.74 Å². The molecule has 2 amide bonds. The molecule has 1 saturated heterocycles. The molecule has 2 N–H and O–H groups in total. The second kappa shape index (κ2) is 10.0. The van der Waals surface area contributed by atoms with Gasteiger partial charge in [0.15, 0.2) is 0 Å². The summed E-state index contributed by atoms with van der Waals surface area (Å²) in [7, 11) is 0. The number of aryl methyl sites for hydroxylation is 1. The Morgan fingerprint density at radius 2 is 1.88 bits per heavy atom. The maximum Gasteiger partial charge on any atom is 0.338 e.